The molecule has 1 atom stereocenters. The molecule has 7 nitrogen and oxygen atoms in total. The smallest absolute Gasteiger partial charge is 0.310 e. The topological polar surface area (TPSA) is 103 Å². The zero-order valence-corrected chi connectivity index (χ0v) is 15.4. The van der Waals surface area contributed by atoms with Crippen LogP contribution in [-0.2, 0) is 15.8 Å². The van der Waals surface area contributed by atoms with Crippen LogP contribution in [0.2, 0.25) is 0 Å². The summed E-state index contributed by atoms with van der Waals surface area (Å²) in [5, 5.41) is 2.71. The molecule has 3 rings (SSSR count). The van der Waals surface area contributed by atoms with Crippen molar-refractivity contribution in [3.05, 3.63) is 53.5 Å². The first-order valence-corrected chi connectivity index (χ1v) is 8.33. The number of oxazole rings is 1. The van der Waals surface area contributed by atoms with Crippen molar-refractivity contribution in [3.63, 3.8) is 0 Å². The Balaban J connectivity index is 2.01. The van der Waals surface area contributed by atoms with Crippen LogP contribution in [0.4, 0.5) is 13.2 Å². The molecule has 1 aliphatic rings. The number of rotatable bonds is 4. The fraction of sp³-hybridized carbons (Fsp3) is 0.389. The van der Waals surface area contributed by atoms with Crippen molar-refractivity contribution in [3.8, 4) is 0 Å². The van der Waals surface area contributed by atoms with Gasteiger partial charge in [-0.1, -0.05) is 6.07 Å². The Morgan fingerprint density at radius 3 is 2.71 bits per heavy atom. The number of hydrogen-bond acceptors (Lipinski definition) is 6. The molecule has 0 unspecified atom stereocenters. The number of halogens is 3. The average molecular weight is 396 g/mol. The Morgan fingerprint density at radius 2 is 2.07 bits per heavy atom. The summed E-state index contributed by atoms with van der Waals surface area (Å²) in [4.78, 5) is 19.7. The lowest BCUT2D eigenvalue weighted by molar-refractivity contribution is -0.117. The van der Waals surface area contributed by atoms with Crippen molar-refractivity contribution in [2.75, 3.05) is 6.61 Å². The van der Waals surface area contributed by atoms with E-state index in [1.165, 1.54) is 18.4 Å². The average Bonchev–Trinajstić information content (AvgIpc) is 3.13. The molecule has 10 heteroatoms. The number of benzene rings is 1. The summed E-state index contributed by atoms with van der Waals surface area (Å²) in [6, 6.07) is 3.25. The van der Waals surface area contributed by atoms with Crippen molar-refractivity contribution >= 4 is 11.9 Å². The molecular formula is C18H19F3N4O3. The van der Waals surface area contributed by atoms with Crippen LogP contribution in [0.25, 0.3) is 0 Å². The van der Waals surface area contributed by atoms with Gasteiger partial charge in [-0.15, -0.1) is 0 Å². The van der Waals surface area contributed by atoms with Gasteiger partial charge in [0.2, 0.25) is 0 Å². The molecule has 1 aromatic heterocycles. The minimum Gasteiger partial charge on any atom is -0.459 e. The third kappa shape index (κ3) is 3.30. The molecule has 0 fully saturated rings. The zero-order valence-electron chi connectivity index (χ0n) is 15.4. The van der Waals surface area contributed by atoms with Crippen molar-refractivity contribution < 1.29 is 27.1 Å². The van der Waals surface area contributed by atoms with E-state index in [2.05, 4.69) is 20.0 Å². The van der Waals surface area contributed by atoms with Crippen molar-refractivity contribution in [2.45, 2.75) is 37.8 Å². The Bertz CT molecular complexity index is 928. The molecule has 150 valence electrons. The first-order chi connectivity index (χ1) is 13.0. The van der Waals surface area contributed by atoms with E-state index in [4.69, 9.17) is 10.2 Å². The van der Waals surface area contributed by atoms with Crippen LogP contribution in [0.15, 0.2) is 40.3 Å². The van der Waals surface area contributed by atoms with Gasteiger partial charge in [0.25, 0.3) is 11.9 Å². The monoisotopic (exact) mass is 396 g/mol. The highest BCUT2D eigenvalue weighted by atomic mass is 19.3. The number of nitrogens with zero attached hydrogens (tertiary/aromatic N) is 2. The van der Waals surface area contributed by atoms with E-state index in [0.717, 1.165) is 19.4 Å². The second kappa shape index (κ2) is 6.54. The number of ether oxygens (including phenoxy) is 1. The van der Waals surface area contributed by atoms with Gasteiger partial charge in [-0.25, -0.2) is 14.4 Å². The second-order valence-corrected chi connectivity index (χ2v) is 7.16. The first kappa shape index (κ1) is 19.7. The number of amidine groups is 1. The van der Waals surface area contributed by atoms with E-state index < -0.39 is 41.4 Å². The molecule has 1 aliphatic heterocycles. The summed E-state index contributed by atoms with van der Waals surface area (Å²) >= 11 is 0. The highest BCUT2D eigenvalue weighted by Gasteiger charge is 2.56. The molecule has 1 aromatic carbocycles. The largest absolute Gasteiger partial charge is 0.459 e. The maximum Gasteiger partial charge on any atom is 0.310 e. The van der Waals surface area contributed by atoms with Gasteiger partial charge >= 0.3 is 5.92 Å². The van der Waals surface area contributed by atoms with Crippen LogP contribution < -0.4 is 11.1 Å². The fourth-order valence-corrected chi connectivity index (χ4v) is 2.93. The zero-order chi connectivity index (χ0) is 20.7. The molecule has 2 aromatic rings. The van der Waals surface area contributed by atoms with Crippen molar-refractivity contribution in [1.29, 1.82) is 0 Å². The summed E-state index contributed by atoms with van der Waals surface area (Å²) < 4.78 is 53.1. The minimum absolute atomic E-state index is 0.0516. The van der Waals surface area contributed by atoms with Crippen LogP contribution in [-0.4, -0.2) is 29.4 Å². The number of nitrogens with two attached hydrogens (primary N) is 1. The van der Waals surface area contributed by atoms with Crippen LogP contribution in [0.3, 0.4) is 0 Å². The van der Waals surface area contributed by atoms with Crippen LogP contribution in [0, 0.1) is 5.82 Å². The summed E-state index contributed by atoms with van der Waals surface area (Å²) in [5.41, 5.74) is 2.24. The lowest BCUT2D eigenvalue weighted by Crippen LogP contribution is -2.51. The molecule has 28 heavy (non-hydrogen) atoms. The standard InChI is InChI=1S/C18H19F3N4O3/c1-16(2,24-14(26)13-7-27-9-23-13)10-4-5-12(19)11(6-10)17(3)18(20,21)8-28-15(22)25-17/h4-7,9H,8H2,1-3H3,(H2,22,25)(H,24,26)/t17-/m1/s1. The highest BCUT2D eigenvalue weighted by Crippen LogP contribution is 2.45. The van der Waals surface area contributed by atoms with Crippen LogP contribution in [0.1, 0.15) is 42.4 Å². The van der Waals surface area contributed by atoms with E-state index in [9.17, 15) is 18.0 Å². The SMILES string of the molecule is CC(C)(NC(=O)c1cocn1)c1ccc(F)c([C@@]2(C)N=C(N)OCC2(F)F)c1. The number of aromatic nitrogens is 1. The Kier molecular flexibility index (Phi) is 4.60. The van der Waals surface area contributed by atoms with Gasteiger partial charge in [0.05, 0.1) is 5.54 Å². The number of carbonyl (C=O) groups excluding carboxylic acids is 1. The number of hydrogen-bond donors (Lipinski definition) is 2. The molecule has 2 heterocycles. The molecule has 0 saturated heterocycles. The molecule has 0 aliphatic carbocycles. The maximum absolute atomic E-state index is 14.6. The molecule has 0 bridgehead atoms. The van der Waals surface area contributed by atoms with Gasteiger partial charge in [-0.05, 0) is 38.5 Å². The summed E-state index contributed by atoms with van der Waals surface area (Å²) in [6.07, 6.45) is 2.27. The van der Waals surface area contributed by atoms with Gasteiger partial charge in [0, 0.05) is 5.56 Å². The number of aliphatic imine (C=N–C) groups is 1. The van der Waals surface area contributed by atoms with E-state index >= 15 is 0 Å². The third-order valence-electron chi connectivity index (χ3n) is 4.75. The fourth-order valence-electron chi connectivity index (χ4n) is 2.93. The van der Waals surface area contributed by atoms with Gasteiger partial charge in [0.1, 0.15) is 12.1 Å². The number of carbonyl (C=O) groups is 1. The van der Waals surface area contributed by atoms with Crippen LogP contribution >= 0.6 is 0 Å². The molecule has 0 radical (unpaired) electrons. The number of nitrogens with one attached hydrogen (secondary N) is 1. The van der Waals surface area contributed by atoms with Gasteiger partial charge in [-0.3, -0.25) is 4.79 Å². The van der Waals surface area contributed by atoms with Crippen LogP contribution in [0.5, 0.6) is 0 Å². The van der Waals surface area contributed by atoms with E-state index in [1.54, 1.807) is 13.8 Å². The lowest BCUT2D eigenvalue weighted by atomic mass is 9.82. The van der Waals surface area contributed by atoms with E-state index in [1.807, 2.05) is 0 Å². The lowest BCUT2D eigenvalue weighted by Gasteiger charge is -2.38. The normalized spacial score (nSPS) is 21.6. The van der Waals surface area contributed by atoms with Gasteiger partial charge in [0.15, 0.2) is 24.2 Å². The Labute approximate surface area is 158 Å². The summed E-state index contributed by atoms with van der Waals surface area (Å²) in [7, 11) is 0. The van der Waals surface area contributed by atoms with E-state index in [0.29, 0.717) is 5.56 Å². The van der Waals surface area contributed by atoms with E-state index in [-0.39, 0.29) is 11.3 Å². The molecule has 0 spiro atoms. The van der Waals surface area contributed by atoms with Crippen molar-refractivity contribution in [1.82, 2.24) is 10.3 Å². The number of amides is 1. The predicted molar refractivity (Wildman–Crippen MR) is 93.3 cm³/mol. The van der Waals surface area contributed by atoms with Crippen molar-refractivity contribution in [2.24, 2.45) is 10.7 Å². The molecule has 3 N–H and O–H groups in total. The molecule has 1 amide bonds. The Morgan fingerprint density at radius 1 is 1.36 bits per heavy atom. The van der Waals surface area contributed by atoms with Gasteiger partial charge in [-0.2, -0.15) is 8.78 Å². The molecule has 0 saturated carbocycles. The minimum atomic E-state index is -3.50. The third-order valence-corrected chi connectivity index (χ3v) is 4.75. The number of alkyl halides is 2. The maximum atomic E-state index is 14.6. The highest BCUT2D eigenvalue weighted by molar-refractivity contribution is 5.92. The van der Waals surface area contributed by atoms with Gasteiger partial charge < -0.3 is 20.2 Å². The molecular weight excluding hydrogens is 377 g/mol. The summed E-state index contributed by atoms with van der Waals surface area (Å²) in [6.45, 7) is 3.36. The quantitative estimate of drug-likeness (QED) is 0.827. The predicted octanol–water partition coefficient (Wildman–Crippen LogP) is 2.67. The first-order valence-electron chi connectivity index (χ1n) is 8.33. The Hall–Kier alpha value is -3.04. The second-order valence-electron chi connectivity index (χ2n) is 7.16. The summed E-state index contributed by atoms with van der Waals surface area (Å²) in [5.74, 6) is -4.90.